The summed E-state index contributed by atoms with van der Waals surface area (Å²) in [7, 11) is 1.29. The Morgan fingerprint density at radius 2 is 1.67 bits per heavy atom. The second kappa shape index (κ2) is 9.42. The van der Waals surface area contributed by atoms with E-state index in [1.165, 1.54) is 7.11 Å². The molecule has 0 aromatic carbocycles. The third-order valence-corrected chi connectivity index (χ3v) is 13.8. The Morgan fingerprint density at radius 3 is 2.31 bits per heavy atom. The first kappa shape index (κ1) is 29.9. The van der Waals surface area contributed by atoms with Crippen LogP contribution in [0.25, 0.3) is 0 Å². The summed E-state index contributed by atoms with van der Waals surface area (Å²) in [5, 5.41) is 0. The van der Waals surface area contributed by atoms with Gasteiger partial charge in [0.15, 0.2) is 0 Å². The molecule has 1 spiro atoms. The molecule has 6 rings (SSSR count). The molecule has 0 aromatic rings. The van der Waals surface area contributed by atoms with Gasteiger partial charge < -0.3 is 18.9 Å². The van der Waals surface area contributed by atoms with Crippen molar-refractivity contribution in [1.82, 2.24) is 0 Å². The standard InChI is InChI=1S/C35H50O7/c1-19-17-35(21(3)20(2)30(38)42-35)41-24-18-34(8)23-10-11-25-31(4,5)26(40-28(37)16-27(36)39-9)13-14-32(25,6)22(23)12-15-33(34,7)29(19)24/h19,24-26,29H,10-18H2,1-9H3/t19-,24-,25+,26-,29+,32-,33-,34+,35-/m1/s1. The maximum atomic E-state index is 12.6. The average Bonchev–Trinajstić information content (AvgIpc) is 3.26. The highest BCUT2D eigenvalue weighted by atomic mass is 16.7. The number of rotatable bonds is 3. The van der Waals surface area contributed by atoms with E-state index in [4.69, 9.17) is 14.2 Å². The Hall–Kier alpha value is -2.15. The molecule has 2 heterocycles. The number of methoxy groups -OCH3 is 1. The fraction of sp³-hybridized carbons (Fsp3) is 0.800. The van der Waals surface area contributed by atoms with Gasteiger partial charge in [-0.05, 0) is 92.8 Å². The van der Waals surface area contributed by atoms with Crippen LogP contribution in [0, 0.1) is 39.4 Å². The van der Waals surface area contributed by atoms with Crippen LogP contribution in [0.2, 0.25) is 0 Å². The first-order valence-corrected chi connectivity index (χ1v) is 16.1. The lowest BCUT2D eigenvalue weighted by atomic mass is 9.43. The summed E-state index contributed by atoms with van der Waals surface area (Å²) in [5.41, 5.74) is 4.91. The number of hydrogen-bond acceptors (Lipinski definition) is 7. The van der Waals surface area contributed by atoms with Crippen LogP contribution in [0.1, 0.15) is 113 Å². The Morgan fingerprint density at radius 1 is 0.952 bits per heavy atom. The third-order valence-electron chi connectivity index (χ3n) is 13.8. The molecule has 42 heavy (non-hydrogen) atoms. The van der Waals surface area contributed by atoms with Gasteiger partial charge in [-0.15, -0.1) is 0 Å². The van der Waals surface area contributed by atoms with Gasteiger partial charge in [0.25, 0.3) is 0 Å². The molecule has 2 saturated carbocycles. The highest BCUT2D eigenvalue weighted by molar-refractivity contribution is 5.92. The molecule has 2 aliphatic heterocycles. The van der Waals surface area contributed by atoms with Crippen LogP contribution in [0.5, 0.6) is 0 Å². The van der Waals surface area contributed by atoms with E-state index in [-0.39, 0.29) is 46.3 Å². The third kappa shape index (κ3) is 3.83. The van der Waals surface area contributed by atoms with Crippen LogP contribution in [0.3, 0.4) is 0 Å². The van der Waals surface area contributed by atoms with Crippen molar-refractivity contribution in [2.75, 3.05) is 7.11 Å². The average molecular weight is 583 g/mol. The number of carbonyl (C=O) groups excluding carboxylic acids is 3. The molecular weight excluding hydrogens is 532 g/mol. The Balaban J connectivity index is 1.30. The van der Waals surface area contributed by atoms with E-state index >= 15 is 0 Å². The van der Waals surface area contributed by atoms with Gasteiger partial charge in [-0.3, -0.25) is 9.59 Å². The second-order valence-corrected chi connectivity index (χ2v) is 15.8. The van der Waals surface area contributed by atoms with Crippen molar-refractivity contribution in [3.63, 3.8) is 0 Å². The fourth-order valence-electron chi connectivity index (χ4n) is 11.3. The van der Waals surface area contributed by atoms with Gasteiger partial charge in [-0.2, -0.15) is 0 Å². The van der Waals surface area contributed by atoms with Crippen LogP contribution >= 0.6 is 0 Å². The second-order valence-electron chi connectivity index (χ2n) is 15.8. The molecule has 7 heteroatoms. The van der Waals surface area contributed by atoms with Crippen LogP contribution in [0.4, 0.5) is 0 Å². The van der Waals surface area contributed by atoms with Crippen LogP contribution in [0.15, 0.2) is 22.3 Å². The number of fused-ring (bicyclic) bond motifs is 6. The van der Waals surface area contributed by atoms with Crippen LogP contribution in [-0.4, -0.2) is 43.0 Å². The lowest BCUT2D eigenvalue weighted by Gasteiger charge is -2.62. The summed E-state index contributed by atoms with van der Waals surface area (Å²) in [4.78, 5) is 36.8. The highest BCUT2D eigenvalue weighted by Crippen LogP contribution is 2.74. The highest BCUT2D eigenvalue weighted by Gasteiger charge is 2.69. The lowest BCUT2D eigenvalue weighted by Crippen LogP contribution is -2.56. The number of esters is 3. The molecule has 0 bridgehead atoms. The summed E-state index contributed by atoms with van der Waals surface area (Å²) < 4.78 is 23.5. The maximum absolute atomic E-state index is 12.6. The van der Waals surface area contributed by atoms with Crippen molar-refractivity contribution < 1.29 is 33.3 Å². The summed E-state index contributed by atoms with van der Waals surface area (Å²) in [6.45, 7) is 18.2. The number of ether oxygens (including phenoxy) is 4. The minimum atomic E-state index is -0.906. The first-order valence-electron chi connectivity index (χ1n) is 16.1. The van der Waals surface area contributed by atoms with E-state index in [1.807, 2.05) is 13.8 Å². The van der Waals surface area contributed by atoms with Crippen LogP contribution < -0.4 is 0 Å². The zero-order chi connectivity index (χ0) is 30.6. The van der Waals surface area contributed by atoms with Crippen molar-refractivity contribution in [2.45, 2.75) is 131 Å². The lowest BCUT2D eigenvalue weighted by molar-refractivity contribution is -0.262. The van der Waals surface area contributed by atoms with Crippen molar-refractivity contribution in [3.8, 4) is 0 Å². The molecule has 0 unspecified atom stereocenters. The topological polar surface area (TPSA) is 88.1 Å². The minimum absolute atomic E-state index is 0.0208. The first-order chi connectivity index (χ1) is 19.5. The predicted octanol–water partition coefficient (Wildman–Crippen LogP) is 6.84. The zero-order valence-electron chi connectivity index (χ0n) is 27.1. The van der Waals surface area contributed by atoms with Gasteiger partial charge in [0.2, 0.25) is 5.79 Å². The largest absolute Gasteiger partial charge is 0.469 e. The molecule has 1 saturated heterocycles. The van der Waals surface area contributed by atoms with Gasteiger partial charge in [0.05, 0.1) is 13.2 Å². The SMILES string of the molecule is COC(=O)CC(=O)O[C@@H]1CC[C@]2(C)C3=C(CC[C@H]2C1(C)C)[C@]1(C)C[C@H]2O[C@]4(C[C@@H](C)[C@@H]2[C@@]1(C)CC3)OC(=O)C(C)=C4C. The Kier molecular flexibility index (Phi) is 6.71. The Labute approximate surface area is 251 Å². The number of hydrogen-bond donors (Lipinski definition) is 0. The molecule has 9 atom stereocenters. The summed E-state index contributed by atoms with van der Waals surface area (Å²) in [5.74, 6) is -1.01. The minimum Gasteiger partial charge on any atom is -0.469 e. The van der Waals surface area contributed by atoms with Gasteiger partial charge in [0, 0.05) is 23.0 Å². The van der Waals surface area contributed by atoms with E-state index in [0.29, 0.717) is 23.3 Å². The monoisotopic (exact) mass is 582 g/mol. The fourth-order valence-corrected chi connectivity index (χ4v) is 11.3. The summed E-state index contributed by atoms with van der Waals surface area (Å²) >= 11 is 0. The molecule has 0 amide bonds. The van der Waals surface area contributed by atoms with E-state index in [2.05, 4.69) is 46.3 Å². The molecule has 4 aliphatic carbocycles. The van der Waals surface area contributed by atoms with E-state index in [1.54, 1.807) is 11.1 Å². The van der Waals surface area contributed by atoms with Crippen LogP contribution in [-0.2, 0) is 33.3 Å². The zero-order valence-corrected chi connectivity index (χ0v) is 27.1. The normalized spacial score (nSPS) is 45.5. The molecule has 0 N–H and O–H groups in total. The Bertz CT molecular complexity index is 1290. The smallest absolute Gasteiger partial charge is 0.336 e. The van der Waals surface area contributed by atoms with Crippen molar-refractivity contribution in [1.29, 1.82) is 0 Å². The predicted molar refractivity (Wildman–Crippen MR) is 157 cm³/mol. The maximum Gasteiger partial charge on any atom is 0.336 e. The summed E-state index contributed by atoms with van der Waals surface area (Å²) in [6.07, 6.45) is 7.31. The van der Waals surface area contributed by atoms with Crippen molar-refractivity contribution in [3.05, 3.63) is 22.3 Å². The number of carbonyl (C=O) groups is 3. The van der Waals surface area contributed by atoms with Crippen molar-refractivity contribution in [2.24, 2.45) is 39.4 Å². The van der Waals surface area contributed by atoms with Gasteiger partial charge in [-0.25, -0.2) is 4.79 Å². The molecule has 0 aromatic heterocycles. The molecule has 3 fully saturated rings. The number of allylic oxidation sites excluding steroid dienone is 2. The van der Waals surface area contributed by atoms with E-state index < -0.39 is 17.7 Å². The van der Waals surface area contributed by atoms with Gasteiger partial charge in [0.1, 0.15) is 12.5 Å². The molecule has 0 radical (unpaired) electrons. The van der Waals surface area contributed by atoms with Crippen molar-refractivity contribution >= 4 is 17.9 Å². The molecule has 232 valence electrons. The summed E-state index contributed by atoms with van der Waals surface area (Å²) in [6, 6.07) is 0. The van der Waals surface area contributed by atoms with Gasteiger partial charge >= 0.3 is 17.9 Å². The van der Waals surface area contributed by atoms with E-state index in [0.717, 1.165) is 56.9 Å². The quantitative estimate of drug-likeness (QED) is 0.156. The molecule has 6 aliphatic rings. The molecule has 7 nitrogen and oxygen atoms in total. The van der Waals surface area contributed by atoms with E-state index in [9.17, 15) is 14.4 Å². The molecular formula is C35H50O7. The van der Waals surface area contributed by atoms with Gasteiger partial charge in [-0.1, -0.05) is 52.7 Å².